The summed E-state index contributed by atoms with van der Waals surface area (Å²) in [5.74, 6) is -0.686. The Balaban J connectivity index is 2.56. The molecule has 1 atom stereocenters. The molecule has 7 heteroatoms. The third-order valence-electron chi connectivity index (χ3n) is 1.89. The molecule has 1 amide bonds. The molecule has 2 N–H and O–H groups in total. The number of aromatic nitrogens is 1. The van der Waals surface area contributed by atoms with Gasteiger partial charge in [-0.05, 0) is 12.1 Å². The number of halogens is 2. The quantitative estimate of drug-likeness (QED) is 0.794. The maximum absolute atomic E-state index is 11.9. The van der Waals surface area contributed by atoms with E-state index in [0.29, 0.717) is 0 Å². The van der Waals surface area contributed by atoms with Crippen molar-refractivity contribution in [1.29, 1.82) is 5.26 Å². The summed E-state index contributed by atoms with van der Waals surface area (Å²) in [6.07, 6.45) is -3.63. The van der Waals surface area contributed by atoms with E-state index >= 15 is 0 Å². The summed E-state index contributed by atoms with van der Waals surface area (Å²) in [6, 6.07) is 4.50. The van der Waals surface area contributed by atoms with Crippen LogP contribution in [0.1, 0.15) is 16.1 Å². The number of aliphatic hydroxyl groups excluding tert-OH is 1. The van der Waals surface area contributed by atoms with Crippen molar-refractivity contribution in [3.05, 3.63) is 29.6 Å². The number of carbonyl (C=O) groups excluding carboxylic acids is 1. The minimum absolute atomic E-state index is 0.00883. The highest BCUT2D eigenvalue weighted by Crippen LogP contribution is 2.01. The van der Waals surface area contributed by atoms with Crippen LogP contribution in [0, 0.1) is 11.3 Å². The number of alkyl halides is 2. The van der Waals surface area contributed by atoms with Crippen molar-refractivity contribution in [3.63, 3.8) is 0 Å². The molecular formula is C10H9F2N3O2. The number of carbonyl (C=O) groups is 1. The van der Waals surface area contributed by atoms with Gasteiger partial charge in [0.2, 0.25) is 0 Å². The third-order valence-corrected chi connectivity index (χ3v) is 1.89. The number of nitrogens with zero attached hydrogens (tertiary/aromatic N) is 2. The fourth-order valence-electron chi connectivity index (χ4n) is 0.971. The van der Waals surface area contributed by atoms with Gasteiger partial charge in [0.15, 0.2) is 0 Å². The predicted octanol–water partition coefficient (Wildman–Crippen LogP) is 0.309. The first-order chi connectivity index (χ1) is 8.04. The van der Waals surface area contributed by atoms with Gasteiger partial charge in [-0.15, -0.1) is 0 Å². The Morgan fingerprint density at radius 2 is 2.29 bits per heavy atom. The Hall–Kier alpha value is -2.07. The predicted molar refractivity (Wildman–Crippen MR) is 53.3 cm³/mol. The lowest BCUT2D eigenvalue weighted by molar-refractivity contribution is -0.00272. The maximum atomic E-state index is 11.9. The zero-order valence-electron chi connectivity index (χ0n) is 8.60. The summed E-state index contributed by atoms with van der Waals surface area (Å²) in [5.41, 5.74) is 0.277. The molecule has 0 spiro atoms. The molecule has 1 rings (SSSR count). The van der Waals surface area contributed by atoms with Gasteiger partial charge in [-0.25, -0.2) is 13.8 Å². The summed E-state index contributed by atoms with van der Waals surface area (Å²) in [6.45, 7) is -0.557. The van der Waals surface area contributed by atoms with Gasteiger partial charge in [-0.1, -0.05) is 0 Å². The van der Waals surface area contributed by atoms with Gasteiger partial charge in [-0.2, -0.15) is 5.26 Å². The standard InChI is InChI=1S/C10H9F2N3O2/c11-9(12)8(16)5-15-10(17)7-2-1-6(3-13)4-14-7/h1-2,4,8-9,16H,5H2,(H,15,17). The van der Waals surface area contributed by atoms with E-state index in [1.807, 2.05) is 6.07 Å². The highest BCUT2D eigenvalue weighted by atomic mass is 19.3. The summed E-state index contributed by atoms with van der Waals surface area (Å²) >= 11 is 0. The number of nitriles is 1. The Labute approximate surface area is 95.7 Å². The fraction of sp³-hybridized carbons (Fsp3) is 0.300. The van der Waals surface area contributed by atoms with Crippen LogP contribution >= 0.6 is 0 Å². The first-order valence-electron chi connectivity index (χ1n) is 4.65. The molecule has 0 saturated heterocycles. The van der Waals surface area contributed by atoms with Crippen LogP contribution < -0.4 is 5.32 Å². The van der Waals surface area contributed by atoms with Crippen LogP contribution in [0.5, 0.6) is 0 Å². The molecular weight excluding hydrogens is 232 g/mol. The van der Waals surface area contributed by atoms with E-state index in [9.17, 15) is 13.6 Å². The van der Waals surface area contributed by atoms with Crippen LogP contribution in [0.2, 0.25) is 0 Å². The lowest BCUT2D eigenvalue weighted by Crippen LogP contribution is -2.36. The molecule has 0 aromatic carbocycles. The number of aliphatic hydroxyl groups is 1. The van der Waals surface area contributed by atoms with Crippen LogP contribution in [-0.2, 0) is 0 Å². The van der Waals surface area contributed by atoms with E-state index in [2.05, 4.69) is 10.3 Å². The van der Waals surface area contributed by atoms with Crippen LogP contribution in [0.15, 0.2) is 18.3 Å². The SMILES string of the molecule is N#Cc1ccc(C(=O)NCC(O)C(F)F)nc1. The van der Waals surface area contributed by atoms with Crippen molar-refractivity contribution in [2.75, 3.05) is 6.54 Å². The Bertz CT molecular complexity index is 428. The molecule has 1 aromatic heterocycles. The van der Waals surface area contributed by atoms with Crippen LogP contribution in [0.25, 0.3) is 0 Å². The summed E-state index contributed by atoms with van der Waals surface area (Å²) in [5, 5.41) is 19.4. The molecule has 0 saturated carbocycles. The maximum Gasteiger partial charge on any atom is 0.269 e. The molecule has 5 nitrogen and oxygen atoms in total. The minimum Gasteiger partial charge on any atom is -0.385 e. The summed E-state index contributed by atoms with van der Waals surface area (Å²) in [4.78, 5) is 15.0. The van der Waals surface area contributed by atoms with Crippen molar-refractivity contribution >= 4 is 5.91 Å². The first-order valence-corrected chi connectivity index (χ1v) is 4.65. The number of pyridine rings is 1. The Kier molecular flexibility index (Phi) is 4.48. The van der Waals surface area contributed by atoms with Crippen molar-refractivity contribution in [2.45, 2.75) is 12.5 Å². The first kappa shape index (κ1) is 13.0. The van der Waals surface area contributed by atoms with Gasteiger partial charge >= 0.3 is 0 Å². The molecule has 0 aliphatic rings. The van der Waals surface area contributed by atoms with Gasteiger partial charge < -0.3 is 10.4 Å². The second-order valence-corrected chi connectivity index (χ2v) is 3.16. The number of hydrogen-bond acceptors (Lipinski definition) is 4. The van der Waals surface area contributed by atoms with E-state index in [0.717, 1.165) is 0 Å². The van der Waals surface area contributed by atoms with E-state index in [1.165, 1.54) is 18.3 Å². The Morgan fingerprint density at radius 1 is 1.59 bits per heavy atom. The zero-order valence-corrected chi connectivity index (χ0v) is 8.60. The van der Waals surface area contributed by atoms with E-state index < -0.39 is 25.0 Å². The average molecular weight is 241 g/mol. The summed E-state index contributed by atoms with van der Waals surface area (Å²) < 4.78 is 23.9. The highest BCUT2D eigenvalue weighted by molar-refractivity contribution is 5.92. The van der Waals surface area contributed by atoms with Crippen molar-refractivity contribution in [3.8, 4) is 6.07 Å². The van der Waals surface area contributed by atoms with E-state index in [1.54, 1.807) is 0 Å². The molecule has 90 valence electrons. The fourth-order valence-corrected chi connectivity index (χ4v) is 0.971. The number of rotatable bonds is 4. The third kappa shape index (κ3) is 3.77. The van der Waals surface area contributed by atoms with Crippen LogP contribution in [-0.4, -0.2) is 35.1 Å². The molecule has 0 aliphatic heterocycles. The van der Waals surface area contributed by atoms with Gasteiger partial charge in [-0.3, -0.25) is 4.79 Å². The molecule has 0 bridgehead atoms. The van der Waals surface area contributed by atoms with Gasteiger partial charge in [0.25, 0.3) is 12.3 Å². The number of amides is 1. The highest BCUT2D eigenvalue weighted by Gasteiger charge is 2.18. The zero-order chi connectivity index (χ0) is 12.8. The van der Waals surface area contributed by atoms with E-state index in [4.69, 9.17) is 10.4 Å². The molecule has 0 aliphatic carbocycles. The molecule has 0 fully saturated rings. The van der Waals surface area contributed by atoms with Crippen LogP contribution in [0.4, 0.5) is 8.78 Å². The molecule has 1 aromatic rings. The van der Waals surface area contributed by atoms with Crippen molar-refractivity contribution < 1.29 is 18.7 Å². The topological polar surface area (TPSA) is 86.0 Å². The normalized spacial score (nSPS) is 11.9. The van der Waals surface area contributed by atoms with Crippen molar-refractivity contribution in [1.82, 2.24) is 10.3 Å². The van der Waals surface area contributed by atoms with Crippen LogP contribution in [0.3, 0.4) is 0 Å². The molecule has 17 heavy (non-hydrogen) atoms. The summed E-state index contributed by atoms with van der Waals surface area (Å²) in [7, 11) is 0. The number of hydrogen-bond donors (Lipinski definition) is 2. The average Bonchev–Trinajstić information content (AvgIpc) is 2.35. The molecule has 1 unspecified atom stereocenters. The van der Waals surface area contributed by atoms with Gasteiger partial charge in [0, 0.05) is 12.7 Å². The van der Waals surface area contributed by atoms with Crippen molar-refractivity contribution in [2.24, 2.45) is 0 Å². The van der Waals surface area contributed by atoms with Gasteiger partial charge in [0.1, 0.15) is 17.9 Å². The van der Waals surface area contributed by atoms with E-state index in [-0.39, 0.29) is 11.3 Å². The second-order valence-electron chi connectivity index (χ2n) is 3.16. The monoisotopic (exact) mass is 241 g/mol. The lowest BCUT2D eigenvalue weighted by atomic mass is 10.2. The minimum atomic E-state index is -2.91. The number of nitrogens with one attached hydrogen (secondary N) is 1. The largest absolute Gasteiger partial charge is 0.385 e. The second kappa shape index (κ2) is 5.86. The molecule has 0 radical (unpaired) electrons. The molecule has 1 heterocycles. The lowest BCUT2D eigenvalue weighted by Gasteiger charge is -2.10. The Morgan fingerprint density at radius 3 is 2.76 bits per heavy atom. The van der Waals surface area contributed by atoms with Gasteiger partial charge in [0.05, 0.1) is 5.56 Å². The smallest absolute Gasteiger partial charge is 0.269 e.